The van der Waals surface area contributed by atoms with Crippen LogP contribution in [0.3, 0.4) is 0 Å². The van der Waals surface area contributed by atoms with Crippen LogP contribution in [0.25, 0.3) is 0 Å². The summed E-state index contributed by atoms with van der Waals surface area (Å²) in [7, 11) is 0. The van der Waals surface area contributed by atoms with Crippen LogP contribution in [0.15, 0.2) is 0 Å². The molecule has 0 amide bonds. The maximum atomic E-state index is 12.3. The zero-order chi connectivity index (χ0) is 44.0. The van der Waals surface area contributed by atoms with Crippen LogP contribution in [-0.2, 0) is 33.2 Å². The summed E-state index contributed by atoms with van der Waals surface area (Å²) in [6.45, 7) is 14.5. The van der Waals surface area contributed by atoms with E-state index in [9.17, 15) is 46.0 Å². The predicted molar refractivity (Wildman–Crippen MR) is 213 cm³/mol. The lowest BCUT2D eigenvalue weighted by Crippen LogP contribution is -2.64. The Balaban J connectivity index is 1.03. The van der Waals surface area contributed by atoms with Gasteiger partial charge in [-0.1, -0.05) is 27.7 Å². The number of aliphatic hydroxyl groups is 9. The van der Waals surface area contributed by atoms with E-state index < -0.39 is 103 Å². The van der Waals surface area contributed by atoms with E-state index in [1.54, 1.807) is 13.8 Å². The summed E-state index contributed by atoms with van der Waals surface area (Å²) in [6, 6.07) is 0. The van der Waals surface area contributed by atoms with Crippen LogP contribution in [-0.4, -0.2) is 169 Å². The van der Waals surface area contributed by atoms with Gasteiger partial charge in [-0.05, 0) is 124 Å². The van der Waals surface area contributed by atoms with Gasteiger partial charge >= 0.3 is 0 Å². The van der Waals surface area contributed by atoms with E-state index in [4.69, 9.17) is 33.2 Å². The van der Waals surface area contributed by atoms with Crippen LogP contribution in [0.4, 0.5) is 0 Å². The van der Waals surface area contributed by atoms with Gasteiger partial charge in [-0.3, -0.25) is 0 Å². The Hall–Kier alpha value is -0.640. The highest BCUT2D eigenvalue weighted by atomic mass is 16.7. The van der Waals surface area contributed by atoms with Crippen LogP contribution in [0, 0.1) is 44.8 Å². The molecule has 0 bridgehead atoms. The highest BCUT2D eigenvalue weighted by Gasteiger charge is 2.85. The van der Waals surface area contributed by atoms with Crippen LogP contribution in [0.5, 0.6) is 0 Å². The molecule has 16 nitrogen and oxygen atoms in total. The van der Waals surface area contributed by atoms with Gasteiger partial charge in [0.15, 0.2) is 18.9 Å². The Bertz CT molecular complexity index is 1630. The fraction of sp³-hybridized carbons (Fsp3) is 1.00. The molecular weight excluding hydrogens is 796 g/mol. The second-order valence-corrected chi connectivity index (χ2v) is 22.8. The summed E-state index contributed by atoms with van der Waals surface area (Å²) >= 11 is 0. The van der Waals surface area contributed by atoms with Crippen molar-refractivity contribution in [2.75, 3.05) is 19.8 Å². The van der Waals surface area contributed by atoms with Crippen molar-refractivity contribution in [2.45, 2.75) is 216 Å². The molecule has 5 aliphatic carbocycles. The Morgan fingerprint density at radius 2 is 1.23 bits per heavy atom. The predicted octanol–water partition coefficient (Wildman–Crippen LogP) is 0.856. The number of hydrogen-bond acceptors (Lipinski definition) is 16. The van der Waals surface area contributed by atoms with E-state index in [2.05, 4.69) is 34.6 Å². The minimum atomic E-state index is -1.56. The number of ether oxygens (including phenoxy) is 7. The van der Waals surface area contributed by atoms with Gasteiger partial charge in [0.05, 0.1) is 61.5 Å². The molecule has 5 saturated carbocycles. The highest BCUT2D eigenvalue weighted by Crippen LogP contribution is 2.89. The standard InChI is InChI=1S/C45H74O16/c1-39(2)27(59-38-33(21(46)10-15-55-38)60-37-32(53)30(51)24(49)19-57-37)9-12-45-20-44(45)14-13-41(5)34(43(7)11-8-28(61-43)40(3,4)54)22(47)17-42(41,6)26(44)16-25(35(39)45)58-36-31(52)29(50)23(48)18-56-36/h21-38,46-54H,8-20H2,1-7H3. The second kappa shape index (κ2) is 15.2. The maximum Gasteiger partial charge on any atom is 0.186 e. The summed E-state index contributed by atoms with van der Waals surface area (Å²) in [5.41, 5.74) is -3.09. The van der Waals surface area contributed by atoms with Gasteiger partial charge < -0.3 is 79.1 Å². The largest absolute Gasteiger partial charge is 0.393 e. The molecule has 0 radical (unpaired) electrons. The Labute approximate surface area is 359 Å². The molecular formula is C45H74O16. The normalized spacial score (nSPS) is 58.0. The fourth-order valence-corrected chi connectivity index (χ4v) is 15.8. The molecule has 4 heterocycles. The number of rotatable bonds is 8. The third-order valence-corrected chi connectivity index (χ3v) is 18.9. The molecule has 4 saturated heterocycles. The van der Waals surface area contributed by atoms with Gasteiger partial charge in [-0.2, -0.15) is 0 Å². The average Bonchev–Trinajstić information content (AvgIpc) is 3.55. The molecule has 350 valence electrons. The molecule has 23 atom stereocenters. The van der Waals surface area contributed by atoms with Gasteiger partial charge in [-0.15, -0.1) is 0 Å². The Morgan fingerprint density at radius 1 is 0.590 bits per heavy atom. The first kappa shape index (κ1) is 45.5. The fourth-order valence-electron chi connectivity index (χ4n) is 15.8. The van der Waals surface area contributed by atoms with Crippen LogP contribution in [0.1, 0.15) is 113 Å². The number of hydrogen-bond donors (Lipinski definition) is 9. The first-order valence-electron chi connectivity index (χ1n) is 23.1. The molecule has 2 spiro atoms. The molecule has 0 aromatic heterocycles. The lowest BCUT2D eigenvalue weighted by molar-refractivity contribution is -0.349. The summed E-state index contributed by atoms with van der Waals surface area (Å²) in [6.07, 6.45) is -8.81. The molecule has 9 aliphatic rings. The van der Waals surface area contributed by atoms with Crippen LogP contribution in [0.2, 0.25) is 0 Å². The van der Waals surface area contributed by atoms with Crippen LogP contribution >= 0.6 is 0 Å². The lowest BCUT2D eigenvalue weighted by atomic mass is 9.41. The third-order valence-electron chi connectivity index (χ3n) is 18.9. The molecule has 16 heteroatoms. The molecule has 9 N–H and O–H groups in total. The van der Waals surface area contributed by atoms with Crippen molar-refractivity contribution >= 4 is 0 Å². The quantitative estimate of drug-likeness (QED) is 0.154. The molecule has 9 rings (SSSR count). The Morgan fingerprint density at radius 3 is 1.85 bits per heavy atom. The van der Waals surface area contributed by atoms with E-state index in [0.717, 1.165) is 32.1 Å². The summed E-state index contributed by atoms with van der Waals surface area (Å²) in [5.74, 6) is -0.151. The third kappa shape index (κ3) is 6.73. The molecule has 23 unspecified atom stereocenters. The van der Waals surface area contributed by atoms with Gasteiger partial charge in [0.1, 0.15) is 42.7 Å². The van der Waals surface area contributed by atoms with E-state index in [-0.39, 0.29) is 71.8 Å². The van der Waals surface area contributed by atoms with E-state index >= 15 is 0 Å². The minimum absolute atomic E-state index is 0.0551. The summed E-state index contributed by atoms with van der Waals surface area (Å²) in [4.78, 5) is 0. The van der Waals surface area contributed by atoms with Crippen LogP contribution < -0.4 is 0 Å². The van der Waals surface area contributed by atoms with Crippen molar-refractivity contribution in [3.63, 3.8) is 0 Å². The Kier molecular flexibility index (Phi) is 11.3. The van der Waals surface area contributed by atoms with Gasteiger partial charge in [0.2, 0.25) is 0 Å². The van der Waals surface area contributed by atoms with Gasteiger partial charge in [0.25, 0.3) is 0 Å². The molecule has 61 heavy (non-hydrogen) atoms. The number of fused-ring (bicyclic) bond motifs is 2. The first-order chi connectivity index (χ1) is 28.4. The molecule has 0 aromatic carbocycles. The van der Waals surface area contributed by atoms with Crippen molar-refractivity contribution < 1.29 is 79.1 Å². The van der Waals surface area contributed by atoms with Crippen molar-refractivity contribution in [1.29, 1.82) is 0 Å². The van der Waals surface area contributed by atoms with Crippen molar-refractivity contribution in [2.24, 2.45) is 44.8 Å². The summed E-state index contributed by atoms with van der Waals surface area (Å²) < 4.78 is 44.4. The second-order valence-electron chi connectivity index (χ2n) is 22.8. The lowest BCUT2D eigenvalue weighted by Gasteiger charge is -2.65. The number of aliphatic hydroxyl groups excluding tert-OH is 8. The molecule has 0 aromatic rings. The topological polar surface area (TPSA) is 247 Å². The highest BCUT2D eigenvalue weighted by molar-refractivity contribution is 5.33. The SMILES string of the molecule is CC(C)(O)C1CCC(C)(C2C(O)CC3(C)C4CC(OC5OCC(O)C(O)C5O)C5C(C)(C)C(OC6OCCC(O)C6OC6OCC(O)C(O)C6O)CCC56CC46CCC23C)O1. The maximum absolute atomic E-state index is 12.3. The van der Waals surface area contributed by atoms with Crippen molar-refractivity contribution in [1.82, 2.24) is 0 Å². The smallest absolute Gasteiger partial charge is 0.186 e. The zero-order valence-electron chi connectivity index (χ0n) is 37.0. The first-order valence-corrected chi connectivity index (χ1v) is 23.1. The minimum Gasteiger partial charge on any atom is -0.393 e. The molecule has 9 fully saturated rings. The summed E-state index contributed by atoms with van der Waals surface area (Å²) in [5, 5.41) is 97.9. The van der Waals surface area contributed by atoms with Crippen molar-refractivity contribution in [3.05, 3.63) is 0 Å². The van der Waals surface area contributed by atoms with E-state index in [1.807, 2.05) is 0 Å². The monoisotopic (exact) mass is 870 g/mol. The van der Waals surface area contributed by atoms with Gasteiger partial charge in [0, 0.05) is 5.92 Å². The van der Waals surface area contributed by atoms with Gasteiger partial charge in [-0.25, -0.2) is 0 Å². The van der Waals surface area contributed by atoms with Crippen molar-refractivity contribution in [3.8, 4) is 0 Å². The van der Waals surface area contributed by atoms with E-state index in [0.29, 0.717) is 25.7 Å². The zero-order valence-corrected chi connectivity index (χ0v) is 37.0. The average molecular weight is 871 g/mol. The molecule has 4 aliphatic heterocycles. The van der Waals surface area contributed by atoms with E-state index in [1.165, 1.54) is 0 Å².